The predicted molar refractivity (Wildman–Crippen MR) is 73.4 cm³/mol. The van der Waals surface area contributed by atoms with E-state index in [0.29, 0.717) is 0 Å². The van der Waals surface area contributed by atoms with Crippen molar-refractivity contribution < 1.29 is 18.8 Å². The van der Waals surface area contributed by atoms with Crippen molar-refractivity contribution in [3.8, 4) is 0 Å². The Balaban J connectivity index is 2.80. The highest BCUT2D eigenvalue weighted by molar-refractivity contribution is 6.03. The lowest BCUT2D eigenvalue weighted by Crippen LogP contribution is -2.47. The molecule has 114 valence electrons. The zero-order valence-electron chi connectivity index (χ0n) is 11.6. The number of rotatable bonds is 5. The molecule has 21 heavy (non-hydrogen) atoms. The van der Waals surface area contributed by atoms with Crippen LogP contribution in [0.4, 0.5) is 0 Å². The Kier molecular flexibility index (Phi) is 5.06. The summed E-state index contributed by atoms with van der Waals surface area (Å²) in [6, 6.07) is 1.67. The van der Waals surface area contributed by atoms with Crippen LogP contribution in [0.25, 0.3) is 0 Å². The summed E-state index contributed by atoms with van der Waals surface area (Å²) in [6.45, 7) is 3.45. The van der Waals surface area contributed by atoms with Gasteiger partial charge in [0.1, 0.15) is 6.04 Å². The molecule has 1 atom stereocenters. The third kappa shape index (κ3) is 4.34. The summed E-state index contributed by atoms with van der Waals surface area (Å²) in [5, 5.41) is 11.4. The number of nitrogens with two attached hydrogens (primary N) is 2. The molecule has 1 heterocycles. The molecule has 9 heteroatoms. The lowest BCUT2D eigenvalue weighted by Gasteiger charge is -2.17. The van der Waals surface area contributed by atoms with Crippen molar-refractivity contribution in [3.05, 3.63) is 23.7 Å². The molecule has 1 aromatic rings. The molecular formula is C12H17N5O4. The fraction of sp³-hybridized carbons (Fsp3) is 0.333. The van der Waals surface area contributed by atoms with Gasteiger partial charge in [0.15, 0.2) is 17.5 Å². The third-order valence-corrected chi connectivity index (χ3v) is 2.56. The normalized spacial score (nSPS) is 11.8. The summed E-state index contributed by atoms with van der Waals surface area (Å²) in [5.74, 6) is -3.17. The van der Waals surface area contributed by atoms with E-state index in [2.05, 4.69) is 5.32 Å². The highest BCUT2D eigenvalue weighted by atomic mass is 16.4. The molecular weight excluding hydrogens is 278 g/mol. The molecule has 1 aromatic heterocycles. The van der Waals surface area contributed by atoms with Gasteiger partial charge in [0.2, 0.25) is 5.91 Å². The summed E-state index contributed by atoms with van der Waals surface area (Å²) in [5.41, 5.74) is 10.2. The van der Waals surface area contributed by atoms with Gasteiger partial charge in [-0.3, -0.25) is 25.1 Å². The van der Waals surface area contributed by atoms with E-state index in [1.165, 1.54) is 12.1 Å². The average molecular weight is 295 g/mol. The highest BCUT2D eigenvalue weighted by Crippen LogP contribution is 2.09. The number of nitrogens with one attached hydrogen (secondary N) is 3. The molecule has 0 radical (unpaired) electrons. The second kappa shape index (κ2) is 6.55. The standard InChI is InChI=1S/C12H17N5O4/c1-5(2)8(9(13)18)16-10(19)6-3-4-7(21-6)11(20)17-12(14)15/h3-5,8H,1-2H3,(H2,13,18)(H,16,19)(H4,14,15,17,20)/t8-/m0/s1. The zero-order valence-corrected chi connectivity index (χ0v) is 11.6. The first-order valence-corrected chi connectivity index (χ1v) is 6.07. The van der Waals surface area contributed by atoms with Gasteiger partial charge in [-0.25, -0.2) is 0 Å². The van der Waals surface area contributed by atoms with Crippen LogP contribution in [-0.4, -0.2) is 29.7 Å². The lowest BCUT2D eigenvalue weighted by molar-refractivity contribution is -0.120. The zero-order chi connectivity index (χ0) is 16.2. The topological polar surface area (TPSA) is 164 Å². The van der Waals surface area contributed by atoms with Gasteiger partial charge in [0, 0.05) is 0 Å². The number of primary amides is 1. The molecule has 0 spiro atoms. The van der Waals surface area contributed by atoms with Crippen molar-refractivity contribution in [2.45, 2.75) is 19.9 Å². The number of carbonyl (C=O) groups excluding carboxylic acids is 3. The van der Waals surface area contributed by atoms with Crippen molar-refractivity contribution in [2.75, 3.05) is 0 Å². The van der Waals surface area contributed by atoms with Gasteiger partial charge in [-0.2, -0.15) is 0 Å². The van der Waals surface area contributed by atoms with Crippen molar-refractivity contribution >= 4 is 23.7 Å². The predicted octanol–water partition coefficient (Wildman–Crippen LogP) is -0.857. The second-order valence-corrected chi connectivity index (χ2v) is 4.63. The molecule has 3 amide bonds. The smallest absolute Gasteiger partial charge is 0.293 e. The molecule has 0 aliphatic carbocycles. The Hall–Kier alpha value is -2.84. The molecule has 0 aliphatic rings. The van der Waals surface area contributed by atoms with E-state index in [1.54, 1.807) is 13.8 Å². The quantitative estimate of drug-likeness (QED) is 0.352. The number of hydrogen-bond acceptors (Lipinski definition) is 5. The van der Waals surface area contributed by atoms with Crippen LogP contribution in [0.5, 0.6) is 0 Å². The fourth-order valence-electron chi connectivity index (χ4n) is 1.54. The molecule has 0 saturated carbocycles. The summed E-state index contributed by atoms with van der Waals surface area (Å²) in [7, 11) is 0. The van der Waals surface area contributed by atoms with Gasteiger partial charge in [-0.1, -0.05) is 13.8 Å². The first-order chi connectivity index (χ1) is 9.72. The number of amides is 3. The van der Waals surface area contributed by atoms with Crippen molar-refractivity contribution in [2.24, 2.45) is 17.4 Å². The molecule has 9 nitrogen and oxygen atoms in total. The fourth-order valence-corrected chi connectivity index (χ4v) is 1.54. The van der Waals surface area contributed by atoms with Gasteiger partial charge in [-0.05, 0) is 18.1 Å². The van der Waals surface area contributed by atoms with Crippen molar-refractivity contribution in [1.82, 2.24) is 10.6 Å². The summed E-state index contributed by atoms with van der Waals surface area (Å²) in [4.78, 5) is 34.6. The van der Waals surface area contributed by atoms with E-state index in [9.17, 15) is 14.4 Å². The maximum Gasteiger partial charge on any atom is 0.293 e. The maximum absolute atomic E-state index is 11.9. The van der Waals surface area contributed by atoms with Crippen molar-refractivity contribution in [3.63, 3.8) is 0 Å². The lowest BCUT2D eigenvalue weighted by atomic mass is 10.0. The molecule has 0 unspecified atom stereocenters. The average Bonchev–Trinajstić information content (AvgIpc) is 2.83. The number of hydrogen-bond donors (Lipinski definition) is 5. The minimum absolute atomic E-state index is 0.157. The van der Waals surface area contributed by atoms with Gasteiger partial charge in [0.05, 0.1) is 0 Å². The molecule has 0 aromatic carbocycles. The van der Waals surface area contributed by atoms with E-state index in [-0.39, 0.29) is 17.4 Å². The Morgan fingerprint density at radius 1 is 1.14 bits per heavy atom. The van der Waals surface area contributed by atoms with Crippen LogP contribution in [0.2, 0.25) is 0 Å². The van der Waals surface area contributed by atoms with E-state index >= 15 is 0 Å². The summed E-state index contributed by atoms with van der Waals surface area (Å²) >= 11 is 0. The monoisotopic (exact) mass is 295 g/mol. The van der Waals surface area contributed by atoms with Crippen molar-refractivity contribution in [1.29, 1.82) is 5.41 Å². The van der Waals surface area contributed by atoms with E-state index < -0.39 is 29.7 Å². The molecule has 0 bridgehead atoms. The first-order valence-electron chi connectivity index (χ1n) is 6.07. The summed E-state index contributed by atoms with van der Waals surface area (Å²) in [6.07, 6.45) is 0. The van der Waals surface area contributed by atoms with Gasteiger partial charge in [-0.15, -0.1) is 0 Å². The molecule has 1 rings (SSSR count). The molecule has 0 fully saturated rings. The van der Waals surface area contributed by atoms with E-state index in [1.807, 2.05) is 5.32 Å². The Morgan fingerprint density at radius 3 is 2.10 bits per heavy atom. The minimum atomic E-state index is -0.850. The van der Waals surface area contributed by atoms with Crippen LogP contribution in [0.1, 0.15) is 35.0 Å². The SMILES string of the molecule is CC(C)[C@H](NC(=O)c1ccc(C(=O)NC(=N)N)o1)C(N)=O. The molecule has 0 aliphatic heterocycles. The summed E-state index contributed by atoms with van der Waals surface area (Å²) < 4.78 is 5.04. The van der Waals surface area contributed by atoms with Gasteiger partial charge in [0.25, 0.3) is 11.8 Å². The largest absolute Gasteiger partial charge is 0.446 e. The van der Waals surface area contributed by atoms with Gasteiger partial charge >= 0.3 is 0 Å². The number of guanidine groups is 1. The third-order valence-electron chi connectivity index (χ3n) is 2.56. The molecule has 7 N–H and O–H groups in total. The maximum atomic E-state index is 11.9. The number of carbonyl (C=O) groups is 3. The van der Waals surface area contributed by atoms with E-state index in [0.717, 1.165) is 0 Å². The Labute approximate surface area is 120 Å². The molecule has 0 saturated heterocycles. The Bertz CT molecular complexity index is 578. The van der Waals surface area contributed by atoms with Crippen LogP contribution in [0.15, 0.2) is 16.5 Å². The van der Waals surface area contributed by atoms with E-state index in [4.69, 9.17) is 21.3 Å². The minimum Gasteiger partial charge on any atom is -0.446 e. The first kappa shape index (κ1) is 16.2. The second-order valence-electron chi connectivity index (χ2n) is 4.63. The van der Waals surface area contributed by atoms with Crippen LogP contribution in [0.3, 0.4) is 0 Å². The van der Waals surface area contributed by atoms with Crippen LogP contribution < -0.4 is 22.1 Å². The number of furan rings is 1. The van der Waals surface area contributed by atoms with Gasteiger partial charge < -0.3 is 21.2 Å². The van der Waals surface area contributed by atoms with Crippen LogP contribution >= 0.6 is 0 Å². The van der Waals surface area contributed by atoms with Crippen LogP contribution in [-0.2, 0) is 4.79 Å². The Morgan fingerprint density at radius 2 is 1.67 bits per heavy atom. The van der Waals surface area contributed by atoms with Crippen LogP contribution in [0, 0.1) is 11.3 Å². The highest BCUT2D eigenvalue weighted by Gasteiger charge is 2.24.